The van der Waals surface area contributed by atoms with E-state index in [9.17, 15) is 4.79 Å². The summed E-state index contributed by atoms with van der Waals surface area (Å²) in [6.45, 7) is 0. The largest absolute Gasteiger partial charge is 0.497 e. The number of ether oxygens (including phenoxy) is 2. The lowest BCUT2D eigenvalue weighted by Crippen LogP contribution is -2.25. The number of amides is 1. The van der Waals surface area contributed by atoms with Crippen molar-refractivity contribution in [2.75, 3.05) is 19.5 Å². The highest BCUT2D eigenvalue weighted by atomic mass is 16.5. The number of hydrogen-bond acceptors (Lipinski definition) is 6. The standard InChI is InChI=1S/C22H21N5O3/c1-29-16-10-11-20(30-2)15(12-16)13-18(21-24-26-27-25-21)22(28)23-19-9-5-7-14-6-3-4-8-17(14)19/h3-12,18H,13H2,1-2H3,(H2,23,24,25,26,27,28)/p-1/t18-/m0/s1. The Morgan fingerprint density at radius 3 is 2.67 bits per heavy atom. The van der Waals surface area contributed by atoms with Crippen LogP contribution in [0.4, 0.5) is 5.69 Å². The maximum atomic E-state index is 13.3. The van der Waals surface area contributed by atoms with Gasteiger partial charge in [-0.1, -0.05) is 36.4 Å². The molecule has 1 N–H and O–H groups in total. The Balaban J connectivity index is 1.67. The lowest BCUT2D eigenvalue weighted by molar-refractivity contribution is -0.117. The van der Waals surface area contributed by atoms with E-state index in [1.807, 2.05) is 48.5 Å². The fourth-order valence-electron chi connectivity index (χ4n) is 3.41. The van der Waals surface area contributed by atoms with Gasteiger partial charge in [-0.15, -0.1) is 0 Å². The van der Waals surface area contributed by atoms with Gasteiger partial charge in [0.2, 0.25) is 5.91 Å². The van der Waals surface area contributed by atoms with Crippen LogP contribution in [-0.4, -0.2) is 35.7 Å². The number of fused-ring (bicyclic) bond motifs is 1. The molecule has 0 aliphatic carbocycles. The maximum absolute atomic E-state index is 13.3. The van der Waals surface area contributed by atoms with E-state index in [1.54, 1.807) is 26.4 Å². The molecule has 1 heterocycles. The number of rotatable bonds is 7. The topological polar surface area (TPSA) is 100 Å². The number of methoxy groups -OCH3 is 2. The van der Waals surface area contributed by atoms with Crippen LogP contribution < -0.4 is 19.9 Å². The Morgan fingerprint density at radius 1 is 1.07 bits per heavy atom. The molecule has 0 aliphatic heterocycles. The zero-order chi connectivity index (χ0) is 20.9. The molecule has 8 nitrogen and oxygen atoms in total. The molecule has 1 atom stereocenters. The average Bonchev–Trinajstić information content (AvgIpc) is 3.32. The summed E-state index contributed by atoms with van der Waals surface area (Å²) in [6.07, 6.45) is 0.296. The number of nitrogens with one attached hydrogen (secondary N) is 1. The van der Waals surface area contributed by atoms with Gasteiger partial charge < -0.3 is 19.9 Å². The molecule has 30 heavy (non-hydrogen) atoms. The van der Waals surface area contributed by atoms with Gasteiger partial charge in [-0.05, 0) is 41.6 Å². The van der Waals surface area contributed by atoms with Crippen LogP contribution in [0.5, 0.6) is 11.5 Å². The highest BCUT2D eigenvalue weighted by Crippen LogP contribution is 2.30. The minimum Gasteiger partial charge on any atom is -0.497 e. The first-order valence-corrected chi connectivity index (χ1v) is 9.37. The zero-order valence-electron chi connectivity index (χ0n) is 16.6. The number of carbonyl (C=O) groups excluding carboxylic acids is 1. The third kappa shape index (κ3) is 3.93. The quantitative estimate of drug-likeness (QED) is 0.507. The minimum atomic E-state index is -0.708. The summed E-state index contributed by atoms with van der Waals surface area (Å²) in [7, 11) is 3.17. The first kappa shape index (κ1) is 19.4. The van der Waals surface area contributed by atoms with E-state index < -0.39 is 5.92 Å². The summed E-state index contributed by atoms with van der Waals surface area (Å²) in [5, 5.41) is 20.0. The molecule has 3 aromatic carbocycles. The van der Waals surface area contributed by atoms with Gasteiger partial charge >= 0.3 is 0 Å². The number of anilines is 1. The van der Waals surface area contributed by atoms with E-state index in [1.165, 1.54) is 0 Å². The predicted molar refractivity (Wildman–Crippen MR) is 112 cm³/mol. The van der Waals surface area contributed by atoms with Gasteiger partial charge in [0, 0.05) is 16.9 Å². The number of benzene rings is 3. The Labute approximate surface area is 173 Å². The van der Waals surface area contributed by atoms with Crippen LogP contribution in [0.25, 0.3) is 10.8 Å². The number of nitrogens with zero attached hydrogens (tertiary/aromatic N) is 4. The van der Waals surface area contributed by atoms with Crippen molar-refractivity contribution in [1.29, 1.82) is 0 Å². The fourth-order valence-corrected chi connectivity index (χ4v) is 3.41. The summed E-state index contributed by atoms with van der Waals surface area (Å²) >= 11 is 0. The van der Waals surface area contributed by atoms with Crippen LogP contribution in [0.1, 0.15) is 17.3 Å². The Kier molecular flexibility index (Phi) is 5.56. The van der Waals surface area contributed by atoms with Gasteiger partial charge in [0.05, 0.1) is 20.1 Å². The lowest BCUT2D eigenvalue weighted by atomic mass is 9.96. The van der Waals surface area contributed by atoms with Crippen molar-refractivity contribution in [3.05, 3.63) is 72.1 Å². The van der Waals surface area contributed by atoms with Crippen LogP contribution in [-0.2, 0) is 11.2 Å². The second-order valence-corrected chi connectivity index (χ2v) is 6.69. The van der Waals surface area contributed by atoms with Crippen molar-refractivity contribution in [3.63, 3.8) is 0 Å². The summed E-state index contributed by atoms with van der Waals surface area (Å²) in [4.78, 5) is 13.3. The van der Waals surface area contributed by atoms with Gasteiger partial charge in [0.15, 0.2) is 0 Å². The Morgan fingerprint density at radius 2 is 1.90 bits per heavy atom. The zero-order valence-corrected chi connectivity index (χ0v) is 16.6. The summed E-state index contributed by atoms with van der Waals surface area (Å²) in [5.41, 5.74) is 1.51. The van der Waals surface area contributed by atoms with Gasteiger partial charge in [0.25, 0.3) is 0 Å². The molecule has 0 saturated heterocycles. The second kappa shape index (κ2) is 8.60. The van der Waals surface area contributed by atoms with E-state index in [-0.39, 0.29) is 11.7 Å². The molecular weight excluding hydrogens is 382 g/mol. The summed E-state index contributed by atoms with van der Waals surface area (Å²) in [6, 6.07) is 19.1. The molecule has 0 spiro atoms. The SMILES string of the molecule is COc1ccc(OC)c(C[C@H](C(=O)Nc2cccc3ccccc23)c2nnn[n-]2)c1. The molecule has 0 radical (unpaired) electrons. The molecule has 4 aromatic rings. The number of aromatic nitrogens is 4. The molecule has 0 saturated carbocycles. The molecule has 1 amide bonds. The van der Waals surface area contributed by atoms with Crippen molar-refractivity contribution in [1.82, 2.24) is 20.6 Å². The molecule has 0 unspecified atom stereocenters. The van der Waals surface area contributed by atoms with E-state index in [0.717, 1.165) is 16.3 Å². The molecule has 4 rings (SSSR count). The summed E-state index contributed by atoms with van der Waals surface area (Å²) < 4.78 is 10.8. The molecule has 0 fully saturated rings. The van der Waals surface area contributed by atoms with E-state index in [2.05, 4.69) is 25.9 Å². The Hall–Kier alpha value is -3.94. The molecule has 152 valence electrons. The monoisotopic (exact) mass is 402 g/mol. The summed E-state index contributed by atoms with van der Waals surface area (Å²) in [5.74, 6) is 0.591. The second-order valence-electron chi connectivity index (χ2n) is 6.69. The number of tetrazole rings is 1. The third-order valence-corrected chi connectivity index (χ3v) is 4.92. The van der Waals surface area contributed by atoms with Gasteiger partial charge in [-0.25, -0.2) is 0 Å². The van der Waals surface area contributed by atoms with Crippen molar-refractivity contribution in [2.24, 2.45) is 0 Å². The third-order valence-electron chi connectivity index (χ3n) is 4.92. The molecule has 8 heteroatoms. The average molecular weight is 402 g/mol. The van der Waals surface area contributed by atoms with Crippen LogP contribution in [0.2, 0.25) is 0 Å². The van der Waals surface area contributed by atoms with Crippen molar-refractivity contribution in [2.45, 2.75) is 12.3 Å². The van der Waals surface area contributed by atoms with Crippen molar-refractivity contribution in [3.8, 4) is 11.5 Å². The van der Waals surface area contributed by atoms with Gasteiger partial charge in [-0.2, -0.15) is 5.21 Å². The first-order valence-electron chi connectivity index (χ1n) is 9.37. The maximum Gasteiger partial charge on any atom is 0.232 e. The molecule has 1 aromatic heterocycles. The molecular formula is C22H20N5O3-. The van der Waals surface area contributed by atoms with E-state index in [4.69, 9.17) is 9.47 Å². The van der Waals surface area contributed by atoms with Crippen molar-refractivity contribution < 1.29 is 14.3 Å². The predicted octanol–water partition coefficient (Wildman–Crippen LogP) is 2.96. The highest BCUT2D eigenvalue weighted by molar-refractivity contribution is 6.04. The Bertz CT molecular complexity index is 1160. The highest BCUT2D eigenvalue weighted by Gasteiger charge is 2.23. The van der Waals surface area contributed by atoms with Crippen LogP contribution in [0.15, 0.2) is 60.7 Å². The molecule has 0 bridgehead atoms. The van der Waals surface area contributed by atoms with Crippen LogP contribution in [0, 0.1) is 0 Å². The fraction of sp³-hybridized carbons (Fsp3) is 0.182. The van der Waals surface area contributed by atoms with Crippen LogP contribution in [0.3, 0.4) is 0 Å². The molecule has 0 aliphatic rings. The lowest BCUT2D eigenvalue weighted by Gasteiger charge is -2.19. The van der Waals surface area contributed by atoms with Gasteiger partial charge in [0.1, 0.15) is 11.5 Å². The van der Waals surface area contributed by atoms with E-state index in [0.29, 0.717) is 23.6 Å². The smallest absolute Gasteiger partial charge is 0.232 e. The van der Waals surface area contributed by atoms with Gasteiger partial charge in [-0.3, -0.25) is 15.1 Å². The van der Waals surface area contributed by atoms with Crippen LogP contribution >= 0.6 is 0 Å². The number of carbonyl (C=O) groups is 1. The van der Waals surface area contributed by atoms with E-state index >= 15 is 0 Å². The normalized spacial score (nSPS) is 11.8. The minimum absolute atomic E-state index is 0.248. The first-order chi connectivity index (χ1) is 14.7. The van der Waals surface area contributed by atoms with Crippen molar-refractivity contribution >= 4 is 22.4 Å². The number of hydrogen-bond donors (Lipinski definition) is 1.